The summed E-state index contributed by atoms with van der Waals surface area (Å²) >= 11 is 3.29. The zero-order valence-corrected chi connectivity index (χ0v) is 10.5. The van der Waals surface area contributed by atoms with E-state index in [1.807, 2.05) is 0 Å². The van der Waals surface area contributed by atoms with Gasteiger partial charge in [-0.15, -0.1) is 0 Å². The van der Waals surface area contributed by atoms with Crippen molar-refractivity contribution < 1.29 is 14.6 Å². The van der Waals surface area contributed by atoms with Crippen molar-refractivity contribution >= 4 is 21.9 Å². The molecule has 1 atom stereocenters. The SMILES string of the molecule is C=C(C(=O)OCC)C(O)c1ccc(Br)cc1. The highest BCUT2D eigenvalue weighted by Crippen LogP contribution is 2.22. The van der Waals surface area contributed by atoms with E-state index in [0.29, 0.717) is 5.56 Å². The van der Waals surface area contributed by atoms with Gasteiger partial charge >= 0.3 is 5.97 Å². The van der Waals surface area contributed by atoms with Crippen molar-refractivity contribution in [2.24, 2.45) is 0 Å². The number of carbonyl (C=O) groups is 1. The first-order valence-corrected chi connectivity index (χ1v) is 5.65. The molecular formula is C12H13BrO3. The van der Waals surface area contributed by atoms with Gasteiger partial charge in [-0.2, -0.15) is 0 Å². The Morgan fingerprint density at radius 1 is 1.50 bits per heavy atom. The number of ether oxygens (including phenoxy) is 1. The van der Waals surface area contributed by atoms with E-state index in [1.54, 1.807) is 31.2 Å². The van der Waals surface area contributed by atoms with Crippen LogP contribution >= 0.6 is 15.9 Å². The number of hydrogen-bond donors (Lipinski definition) is 1. The normalized spacial score (nSPS) is 11.9. The van der Waals surface area contributed by atoms with Gasteiger partial charge in [0.25, 0.3) is 0 Å². The van der Waals surface area contributed by atoms with Crippen LogP contribution in [0.25, 0.3) is 0 Å². The molecule has 1 aromatic carbocycles. The number of halogens is 1. The van der Waals surface area contributed by atoms with Crippen LogP contribution in [0.1, 0.15) is 18.6 Å². The van der Waals surface area contributed by atoms with Gasteiger partial charge in [-0.25, -0.2) is 4.79 Å². The van der Waals surface area contributed by atoms with E-state index in [-0.39, 0.29) is 12.2 Å². The fourth-order valence-electron chi connectivity index (χ4n) is 1.18. The van der Waals surface area contributed by atoms with Crippen LogP contribution in [0.4, 0.5) is 0 Å². The van der Waals surface area contributed by atoms with Gasteiger partial charge in [0.05, 0.1) is 12.2 Å². The molecule has 0 spiro atoms. The highest BCUT2D eigenvalue weighted by Gasteiger charge is 2.18. The number of carbonyl (C=O) groups excluding carboxylic acids is 1. The number of rotatable bonds is 4. The molecule has 4 heteroatoms. The van der Waals surface area contributed by atoms with Crippen LogP contribution in [0.5, 0.6) is 0 Å². The lowest BCUT2D eigenvalue weighted by atomic mass is 10.0. The van der Waals surface area contributed by atoms with E-state index >= 15 is 0 Å². The van der Waals surface area contributed by atoms with Crippen LogP contribution in [0.2, 0.25) is 0 Å². The molecular weight excluding hydrogens is 272 g/mol. The topological polar surface area (TPSA) is 46.5 Å². The Kier molecular flexibility index (Phi) is 4.71. The van der Waals surface area contributed by atoms with Gasteiger partial charge in [0.15, 0.2) is 0 Å². The average Bonchev–Trinajstić information content (AvgIpc) is 2.28. The van der Waals surface area contributed by atoms with E-state index in [1.165, 1.54) is 0 Å². The summed E-state index contributed by atoms with van der Waals surface area (Å²) < 4.78 is 5.67. The molecule has 0 heterocycles. The number of aliphatic hydroxyl groups is 1. The average molecular weight is 285 g/mol. The van der Waals surface area contributed by atoms with E-state index in [0.717, 1.165) is 4.47 Å². The predicted molar refractivity (Wildman–Crippen MR) is 64.9 cm³/mol. The molecule has 0 radical (unpaired) electrons. The summed E-state index contributed by atoms with van der Waals surface area (Å²) in [6, 6.07) is 7.02. The minimum Gasteiger partial charge on any atom is -0.463 e. The summed E-state index contributed by atoms with van der Waals surface area (Å²) in [5, 5.41) is 9.86. The van der Waals surface area contributed by atoms with Crippen molar-refractivity contribution in [3.63, 3.8) is 0 Å². The molecule has 0 amide bonds. The van der Waals surface area contributed by atoms with E-state index in [4.69, 9.17) is 4.74 Å². The first-order valence-electron chi connectivity index (χ1n) is 4.85. The second-order valence-electron chi connectivity index (χ2n) is 3.20. The van der Waals surface area contributed by atoms with Crippen molar-refractivity contribution in [3.8, 4) is 0 Å². The number of aliphatic hydroxyl groups excluding tert-OH is 1. The van der Waals surface area contributed by atoms with E-state index in [9.17, 15) is 9.90 Å². The zero-order valence-electron chi connectivity index (χ0n) is 8.94. The van der Waals surface area contributed by atoms with Crippen molar-refractivity contribution in [1.29, 1.82) is 0 Å². The Morgan fingerprint density at radius 3 is 2.56 bits per heavy atom. The predicted octanol–water partition coefficient (Wildman–Crippen LogP) is 2.60. The Bertz CT molecular complexity index is 384. The van der Waals surface area contributed by atoms with Gasteiger partial charge in [0.1, 0.15) is 6.10 Å². The second-order valence-corrected chi connectivity index (χ2v) is 4.12. The molecule has 0 aliphatic carbocycles. The van der Waals surface area contributed by atoms with Crippen molar-refractivity contribution in [1.82, 2.24) is 0 Å². The van der Waals surface area contributed by atoms with Crippen LogP contribution in [0.3, 0.4) is 0 Å². The summed E-state index contributed by atoms with van der Waals surface area (Å²) in [4.78, 5) is 11.3. The molecule has 1 N–H and O–H groups in total. The van der Waals surface area contributed by atoms with Crippen LogP contribution in [-0.4, -0.2) is 17.7 Å². The molecule has 0 bridgehead atoms. The third kappa shape index (κ3) is 3.18. The van der Waals surface area contributed by atoms with Gasteiger partial charge in [-0.05, 0) is 24.6 Å². The molecule has 0 aromatic heterocycles. The third-order valence-corrected chi connectivity index (χ3v) is 2.58. The van der Waals surface area contributed by atoms with Crippen LogP contribution < -0.4 is 0 Å². The zero-order chi connectivity index (χ0) is 12.1. The number of hydrogen-bond acceptors (Lipinski definition) is 3. The maximum Gasteiger partial charge on any atom is 0.336 e. The maximum absolute atomic E-state index is 11.3. The summed E-state index contributed by atoms with van der Waals surface area (Å²) in [6.07, 6.45) is -1.02. The van der Waals surface area contributed by atoms with Gasteiger partial charge in [-0.1, -0.05) is 34.6 Å². The van der Waals surface area contributed by atoms with Crippen LogP contribution in [0.15, 0.2) is 40.9 Å². The van der Waals surface area contributed by atoms with Crippen molar-refractivity contribution in [2.75, 3.05) is 6.61 Å². The van der Waals surface area contributed by atoms with Gasteiger partial charge < -0.3 is 9.84 Å². The molecule has 0 saturated heterocycles. The largest absolute Gasteiger partial charge is 0.463 e. The quantitative estimate of drug-likeness (QED) is 0.683. The van der Waals surface area contributed by atoms with Crippen LogP contribution in [0, 0.1) is 0 Å². The van der Waals surface area contributed by atoms with Crippen LogP contribution in [-0.2, 0) is 9.53 Å². The van der Waals surface area contributed by atoms with Gasteiger partial charge in [0.2, 0.25) is 0 Å². The molecule has 0 aliphatic rings. The fourth-order valence-corrected chi connectivity index (χ4v) is 1.45. The van der Waals surface area contributed by atoms with E-state index < -0.39 is 12.1 Å². The number of benzene rings is 1. The van der Waals surface area contributed by atoms with Gasteiger partial charge in [0, 0.05) is 4.47 Å². The molecule has 0 fully saturated rings. The molecule has 3 nitrogen and oxygen atoms in total. The first kappa shape index (κ1) is 12.9. The standard InChI is InChI=1S/C12H13BrO3/c1-3-16-12(15)8(2)11(14)9-4-6-10(13)7-5-9/h4-7,11,14H,2-3H2,1H3. The molecule has 0 aliphatic heterocycles. The monoisotopic (exact) mass is 284 g/mol. The fraction of sp³-hybridized carbons (Fsp3) is 0.250. The van der Waals surface area contributed by atoms with E-state index in [2.05, 4.69) is 22.5 Å². The van der Waals surface area contributed by atoms with Crippen molar-refractivity contribution in [3.05, 3.63) is 46.5 Å². The minimum atomic E-state index is -1.02. The Labute approximate surface area is 103 Å². The summed E-state index contributed by atoms with van der Waals surface area (Å²) in [6.45, 7) is 5.51. The lowest BCUT2D eigenvalue weighted by molar-refractivity contribution is -0.139. The smallest absolute Gasteiger partial charge is 0.336 e. The Balaban J connectivity index is 2.77. The lowest BCUT2D eigenvalue weighted by Gasteiger charge is -2.12. The minimum absolute atomic E-state index is 0.0455. The third-order valence-electron chi connectivity index (χ3n) is 2.05. The molecule has 86 valence electrons. The Hall–Kier alpha value is -1.13. The number of esters is 1. The summed E-state index contributed by atoms with van der Waals surface area (Å²) in [5.41, 5.74) is 0.658. The van der Waals surface area contributed by atoms with Gasteiger partial charge in [-0.3, -0.25) is 0 Å². The maximum atomic E-state index is 11.3. The summed E-state index contributed by atoms with van der Waals surface area (Å²) in [5.74, 6) is -0.571. The molecule has 16 heavy (non-hydrogen) atoms. The molecule has 1 aromatic rings. The second kappa shape index (κ2) is 5.82. The first-order chi connectivity index (χ1) is 7.56. The molecule has 1 rings (SSSR count). The molecule has 1 unspecified atom stereocenters. The van der Waals surface area contributed by atoms with Crippen molar-refractivity contribution in [2.45, 2.75) is 13.0 Å². The Morgan fingerprint density at radius 2 is 2.06 bits per heavy atom. The lowest BCUT2D eigenvalue weighted by Crippen LogP contribution is -2.13. The molecule has 0 saturated carbocycles. The highest BCUT2D eigenvalue weighted by atomic mass is 79.9. The summed E-state index contributed by atoms with van der Waals surface area (Å²) in [7, 11) is 0. The highest BCUT2D eigenvalue weighted by molar-refractivity contribution is 9.10.